The minimum Gasteiger partial charge on any atom is -0.353 e. The molecule has 2 aliphatic heterocycles. The third-order valence-corrected chi connectivity index (χ3v) is 6.76. The highest BCUT2D eigenvalue weighted by atomic mass is 19.1. The molecule has 0 spiro atoms. The van der Waals surface area contributed by atoms with Crippen LogP contribution in [0.3, 0.4) is 0 Å². The maximum Gasteiger partial charge on any atom is 0.322 e. The summed E-state index contributed by atoms with van der Waals surface area (Å²) in [6.45, 7) is 10.0. The van der Waals surface area contributed by atoms with Crippen LogP contribution < -0.4 is 15.5 Å². The molecule has 3 heterocycles. The zero-order valence-corrected chi connectivity index (χ0v) is 20.0. The molecule has 180 valence electrons. The van der Waals surface area contributed by atoms with Gasteiger partial charge in [0.1, 0.15) is 17.2 Å². The molecule has 0 bridgehead atoms. The first-order valence-electron chi connectivity index (χ1n) is 11.6. The van der Waals surface area contributed by atoms with Crippen LogP contribution in [0.4, 0.5) is 15.0 Å². The van der Waals surface area contributed by atoms with Gasteiger partial charge in [-0.15, -0.1) is 0 Å². The number of nitrogens with zero attached hydrogens (tertiary/aromatic N) is 3. The second-order valence-corrected chi connectivity index (χ2v) is 9.07. The van der Waals surface area contributed by atoms with Crippen LogP contribution in [0.2, 0.25) is 0 Å². The molecule has 4 rings (SSSR count). The number of carbonyl (C=O) groups is 3. The molecule has 1 aromatic carbocycles. The lowest BCUT2D eigenvalue weighted by Crippen LogP contribution is -2.49. The number of aryl methyl sites for hydroxylation is 3. The third kappa shape index (κ3) is 4.10. The fourth-order valence-corrected chi connectivity index (χ4v) is 4.79. The van der Waals surface area contributed by atoms with E-state index < -0.39 is 29.2 Å². The van der Waals surface area contributed by atoms with E-state index in [9.17, 15) is 14.4 Å². The largest absolute Gasteiger partial charge is 0.353 e. The molecule has 2 aromatic rings. The molecule has 8 nitrogen and oxygen atoms in total. The molecule has 2 N–H and O–H groups in total. The van der Waals surface area contributed by atoms with Crippen LogP contribution in [-0.4, -0.2) is 53.9 Å². The van der Waals surface area contributed by atoms with Gasteiger partial charge in [-0.1, -0.05) is 25.5 Å². The Labute approximate surface area is 198 Å². The number of hydrogen-bond acceptors (Lipinski definition) is 5. The lowest BCUT2D eigenvalue weighted by Gasteiger charge is -2.36. The highest BCUT2D eigenvalue weighted by molar-refractivity contribution is 6.07. The highest BCUT2D eigenvalue weighted by Gasteiger charge is 2.47. The van der Waals surface area contributed by atoms with Crippen LogP contribution in [0, 0.1) is 26.6 Å². The molecule has 34 heavy (non-hydrogen) atoms. The molecular weight excluding hydrogens is 437 g/mol. The first-order valence-corrected chi connectivity index (χ1v) is 11.6. The Morgan fingerprint density at radius 3 is 2.38 bits per heavy atom. The first-order chi connectivity index (χ1) is 16.2. The normalized spacial score (nSPS) is 20.4. The number of hydrogen-bond donors (Lipinski definition) is 2. The molecule has 9 heteroatoms. The van der Waals surface area contributed by atoms with Crippen molar-refractivity contribution in [2.24, 2.45) is 0 Å². The SMILES string of the molecule is CCCC1(c2ccc(C(=O)N3CCN(c4nc(C)c(C)cc4C)CC3)c(F)c2)NC(=O)NC1=O. The predicted octanol–water partition coefficient (Wildman–Crippen LogP) is 2.94. The average Bonchev–Trinajstić information content (AvgIpc) is 3.09. The summed E-state index contributed by atoms with van der Waals surface area (Å²) in [6.07, 6.45) is 0.931. The molecular formula is C25H30FN5O3. The van der Waals surface area contributed by atoms with Gasteiger partial charge in [-0.25, -0.2) is 14.2 Å². The van der Waals surface area contributed by atoms with Crippen molar-refractivity contribution in [1.29, 1.82) is 0 Å². The van der Waals surface area contributed by atoms with E-state index in [4.69, 9.17) is 4.98 Å². The van der Waals surface area contributed by atoms with Crippen LogP contribution in [-0.2, 0) is 10.3 Å². The molecule has 1 atom stereocenters. The quantitative estimate of drug-likeness (QED) is 0.660. The number of amides is 4. The average molecular weight is 468 g/mol. The summed E-state index contributed by atoms with van der Waals surface area (Å²) < 4.78 is 15.1. The second kappa shape index (κ2) is 9.04. The van der Waals surface area contributed by atoms with Gasteiger partial charge in [-0.05, 0) is 56.0 Å². The Hall–Kier alpha value is -3.49. The van der Waals surface area contributed by atoms with E-state index >= 15 is 4.39 Å². The van der Waals surface area contributed by atoms with Crippen molar-refractivity contribution in [3.05, 3.63) is 58.0 Å². The molecule has 2 saturated heterocycles. The Kier molecular flexibility index (Phi) is 6.29. The van der Waals surface area contributed by atoms with Crippen LogP contribution >= 0.6 is 0 Å². The number of aromatic nitrogens is 1. The number of benzene rings is 1. The summed E-state index contributed by atoms with van der Waals surface area (Å²) in [5, 5.41) is 4.86. The summed E-state index contributed by atoms with van der Waals surface area (Å²) in [5.41, 5.74) is 2.17. The van der Waals surface area contributed by atoms with Gasteiger partial charge in [0.05, 0.1) is 5.56 Å². The number of imide groups is 1. The van der Waals surface area contributed by atoms with Gasteiger partial charge < -0.3 is 15.1 Å². The van der Waals surface area contributed by atoms with E-state index in [0.29, 0.717) is 44.6 Å². The Morgan fingerprint density at radius 1 is 1.09 bits per heavy atom. The third-order valence-electron chi connectivity index (χ3n) is 6.76. The summed E-state index contributed by atoms with van der Waals surface area (Å²) in [6, 6.07) is 5.65. The van der Waals surface area contributed by atoms with Crippen LogP contribution in [0.25, 0.3) is 0 Å². The van der Waals surface area contributed by atoms with Crippen molar-refractivity contribution in [2.75, 3.05) is 31.1 Å². The highest BCUT2D eigenvalue weighted by Crippen LogP contribution is 2.31. The number of rotatable bonds is 5. The van der Waals surface area contributed by atoms with Gasteiger partial charge in [0.25, 0.3) is 11.8 Å². The number of carbonyl (C=O) groups excluding carboxylic acids is 3. The van der Waals surface area contributed by atoms with Gasteiger partial charge in [-0.3, -0.25) is 14.9 Å². The lowest BCUT2D eigenvalue weighted by molar-refractivity contribution is -0.124. The monoisotopic (exact) mass is 467 g/mol. The number of halogens is 1. The zero-order valence-electron chi connectivity index (χ0n) is 20.0. The standard InChI is InChI=1S/C25H30FN5O3/c1-5-8-25(23(33)28-24(34)29-25)18-6-7-19(20(26)14-18)22(32)31-11-9-30(10-12-31)21-16(3)13-15(2)17(4)27-21/h6-7,13-14H,5,8-12H2,1-4H3,(H2,28,29,33,34). The summed E-state index contributed by atoms with van der Waals surface area (Å²) in [7, 11) is 0. The van der Waals surface area contributed by atoms with E-state index in [2.05, 4.69) is 21.6 Å². The van der Waals surface area contributed by atoms with Crippen molar-refractivity contribution in [1.82, 2.24) is 20.5 Å². The van der Waals surface area contributed by atoms with E-state index in [-0.39, 0.29) is 5.56 Å². The molecule has 2 aliphatic rings. The van der Waals surface area contributed by atoms with Crippen molar-refractivity contribution < 1.29 is 18.8 Å². The van der Waals surface area contributed by atoms with Crippen LogP contribution in [0.5, 0.6) is 0 Å². The smallest absolute Gasteiger partial charge is 0.322 e. The van der Waals surface area contributed by atoms with Crippen molar-refractivity contribution in [3.8, 4) is 0 Å². The molecule has 0 saturated carbocycles. The molecule has 2 fully saturated rings. The van der Waals surface area contributed by atoms with E-state index in [1.165, 1.54) is 12.1 Å². The van der Waals surface area contributed by atoms with E-state index in [1.807, 2.05) is 27.7 Å². The molecule has 0 aliphatic carbocycles. The fraction of sp³-hybridized carbons (Fsp3) is 0.440. The molecule has 4 amide bonds. The fourth-order valence-electron chi connectivity index (χ4n) is 4.79. The second-order valence-electron chi connectivity index (χ2n) is 9.07. The Balaban J connectivity index is 1.50. The van der Waals surface area contributed by atoms with Gasteiger partial charge in [0.15, 0.2) is 0 Å². The number of piperazine rings is 1. The zero-order chi connectivity index (χ0) is 24.6. The van der Waals surface area contributed by atoms with Crippen LogP contribution in [0.1, 0.15) is 52.5 Å². The maximum absolute atomic E-state index is 15.1. The molecule has 1 unspecified atom stereocenters. The summed E-state index contributed by atoms with van der Waals surface area (Å²) in [5.74, 6) is -0.688. The van der Waals surface area contributed by atoms with E-state index in [0.717, 1.165) is 22.6 Å². The minimum absolute atomic E-state index is 0.0472. The van der Waals surface area contributed by atoms with Gasteiger partial charge in [0.2, 0.25) is 0 Å². The van der Waals surface area contributed by atoms with Crippen LogP contribution in [0.15, 0.2) is 24.3 Å². The van der Waals surface area contributed by atoms with Crippen molar-refractivity contribution in [3.63, 3.8) is 0 Å². The van der Waals surface area contributed by atoms with Crippen molar-refractivity contribution >= 4 is 23.7 Å². The number of pyridine rings is 1. The summed E-state index contributed by atoms with van der Waals surface area (Å²) in [4.78, 5) is 45.8. The number of urea groups is 1. The summed E-state index contributed by atoms with van der Waals surface area (Å²) >= 11 is 0. The number of nitrogens with one attached hydrogen (secondary N) is 2. The van der Waals surface area contributed by atoms with Gasteiger partial charge in [-0.2, -0.15) is 0 Å². The van der Waals surface area contributed by atoms with Gasteiger partial charge >= 0.3 is 6.03 Å². The Morgan fingerprint density at radius 2 is 1.79 bits per heavy atom. The minimum atomic E-state index is -1.32. The maximum atomic E-state index is 15.1. The molecule has 0 radical (unpaired) electrons. The van der Waals surface area contributed by atoms with Crippen molar-refractivity contribution in [2.45, 2.75) is 46.1 Å². The van der Waals surface area contributed by atoms with Gasteiger partial charge in [0, 0.05) is 31.9 Å². The van der Waals surface area contributed by atoms with E-state index in [1.54, 1.807) is 11.0 Å². The Bertz CT molecular complexity index is 1160. The number of anilines is 1. The topological polar surface area (TPSA) is 94.6 Å². The molecule has 1 aromatic heterocycles. The lowest BCUT2D eigenvalue weighted by atomic mass is 9.85. The predicted molar refractivity (Wildman–Crippen MR) is 126 cm³/mol. The first kappa shape index (κ1) is 23.7.